The van der Waals surface area contributed by atoms with Crippen molar-refractivity contribution in [3.63, 3.8) is 0 Å². The molecule has 2 aromatic rings. The molecule has 2 fully saturated rings. The molecule has 0 atom stereocenters. The van der Waals surface area contributed by atoms with Gasteiger partial charge < -0.3 is 9.32 Å². The first-order valence-electron chi connectivity index (χ1n) is 9.93. The number of carbonyl (C=O) groups excluding carboxylic acids is 1. The average molecular weight is 401 g/mol. The molecule has 1 saturated carbocycles. The summed E-state index contributed by atoms with van der Waals surface area (Å²) in [5, 5.41) is 0. The van der Waals surface area contributed by atoms with Crippen LogP contribution in [0.4, 0.5) is 5.69 Å². The van der Waals surface area contributed by atoms with Gasteiger partial charge in [-0.2, -0.15) is 0 Å². The third-order valence-electron chi connectivity index (χ3n) is 6.40. The summed E-state index contributed by atoms with van der Waals surface area (Å²) in [5.41, 5.74) is 1.75. The standard InChI is InChI=1S/C21H24N2O4S/c24-20(14-17-4-3-13-27-17)22-11-9-21(10-12-22)18-5-1-2-6-19(18)23(28(21,25)26)15-16-7-8-16/h1-6,13,16H,7-12,14-15H2. The number of benzene rings is 1. The van der Waals surface area contributed by atoms with E-state index in [1.54, 1.807) is 27.6 Å². The van der Waals surface area contributed by atoms with E-state index in [0.29, 0.717) is 44.2 Å². The molecule has 1 amide bonds. The van der Waals surface area contributed by atoms with Crippen LogP contribution in [0.1, 0.15) is 37.0 Å². The van der Waals surface area contributed by atoms with E-state index in [1.807, 2.05) is 24.3 Å². The van der Waals surface area contributed by atoms with Crippen molar-refractivity contribution in [2.75, 3.05) is 23.9 Å². The minimum atomic E-state index is -3.49. The predicted molar refractivity (Wildman–Crippen MR) is 105 cm³/mol. The van der Waals surface area contributed by atoms with E-state index < -0.39 is 14.8 Å². The minimum Gasteiger partial charge on any atom is -0.469 e. The van der Waals surface area contributed by atoms with Crippen LogP contribution in [-0.4, -0.2) is 38.9 Å². The van der Waals surface area contributed by atoms with Crippen LogP contribution >= 0.6 is 0 Å². The Morgan fingerprint density at radius 2 is 1.86 bits per heavy atom. The Balaban J connectivity index is 1.40. The molecule has 0 N–H and O–H groups in total. The third kappa shape index (κ3) is 2.67. The number of anilines is 1. The van der Waals surface area contributed by atoms with Gasteiger partial charge in [0, 0.05) is 19.6 Å². The summed E-state index contributed by atoms with van der Waals surface area (Å²) in [6, 6.07) is 11.3. The Morgan fingerprint density at radius 1 is 1.11 bits per heavy atom. The Kier molecular flexibility index (Phi) is 4.05. The molecule has 1 aromatic heterocycles. The second-order valence-electron chi connectivity index (χ2n) is 8.13. The number of rotatable bonds is 4. The summed E-state index contributed by atoms with van der Waals surface area (Å²) in [5.74, 6) is 1.11. The van der Waals surface area contributed by atoms with Crippen molar-refractivity contribution in [3.8, 4) is 0 Å². The van der Waals surface area contributed by atoms with E-state index in [4.69, 9.17) is 4.42 Å². The molecule has 1 saturated heterocycles. The lowest BCUT2D eigenvalue weighted by atomic mass is 9.87. The van der Waals surface area contributed by atoms with Gasteiger partial charge in [0.2, 0.25) is 15.9 Å². The largest absolute Gasteiger partial charge is 0.469 e. The first-order chi connectivity index (χ1) is 13.5. The van der Waals surface area contributed by atoms with Crippen LogP contribution in [-0.2, 0) is 26.0 Å². The number of hydrogen-bond donors (Lipinski definition) is 0. The molecule has 0 unspecified atom stereocenters. The zero-order valence-electron chi connectivity index (χ0n) is 15.7. The lowest BCUT2D eigenvalue weighted by Crippen LogP contribution is -2.50. The zero-order chi connectivity index (χ0) is 19.4. The van der Waals surface area contributed by atoms with Gasteiger partial charge in [0.15, 0.2) is 0 Å². The van der Waals surface area contributed by atoms with Gasteiger partial charge in [-0.15, -0.1) is 0 Å². The molecular weight excluding hydrogens is 376 g/mol. The molecule has 6 nitrogen and oxygen atoms in total. The van der Waals surface area contributed by atoms with Gasteiger partial charge in [-0.3, -0.25) is 9.10 Å². The molecule has 0 bridgehead atoms. The molecule has 3 heterocycles. The second-order valence-corrected chi connectivity index (χ2v) is 10.3. The van der Waals surface area contributed by atoms with Crippen LogP contribution in [0.25, 0.3) is 0 Å². The van der Waals surface area contributed by atoms with Crippen LogP contribution in [0.3, 0.4) is 0 Å². The quantitative estimate of drug-likeness (QED) is 0.791. The molecule has 1 aromatic carbocycles. The molecule has 1 aliphatic carbocycles. The topological polar surface area (TPSA) is 70.8 Å². The van der Waals surface area contributed by atoms with Crippen molar-refractivity contribution in [2.24, 2.45) is 5.92 Å². The highest BCUT2D eigenvalue weighted by molar-refractivity contribution is 7.94. The normalized spacial score (nSPS) is 22.4. The molecule has 1 spiro atoms. The molecule has 3 aliphatic rings. The maximum Gasteiger partial charge on any atom is 0.245 e. The lowest BCUT2D eigenvalue weighted by Gasteiger charge is -2.39. The number of para-hydroxylation sites is 1. The van der Waals surface area contributed by atoms with Gasteiger partial charge >= 0.3 is 0 Å². The van der Waals surface area contributed by atoms with Crippen LogP contribution < -0.4 is 4.31 Å². The van der Waals surface area contributed by atoms with Crippen molar-refractivity contribution in [1.29, 1.82) is 0 Å². The van der Waals surface area contributed by atoms with Gasteiger partial charge in [-0.05, 0) is 55.4 Å². The van der Waals surface area contributed by atoms with Gasteiger partial charge in [0.05, 0.1) is 18.4 Å². The number of likely N-dealkylation sites (tertiary alicyclic amines) is 1. The van der Waals surface area contributed by atoms with Crippen molar-refractivity contribution < 1.29 is 17.6 Å². The monoisotopic (exact) mass is 400 g/mol. The van der Waals surface area contributed by atoms with Crippen LogP contribution in [0.5, 0.6) is 0 Å². The summed E-state index contributed by atoms with van der Waals surface area (Å²) in [4.78, 5) is 14.4. The fourth-order valence-corrected chi connectivity index (χ4v) is 7.00. The number of amides is 1. The number of sulfonamides is 1. The van der Waals surface area contributed by atoms with E-state index >= 15 is 0 Å². The van der Waals surface area contributed by atoms with E-state index in [1.165, 1.54) is 0 Å². The number of carbonyl (C=O) groups is 1. The number of fused-ring (bicyclic) bond motifs is 2. The van der Waals surface area contributed by atoms with Gasteiger partial charge in [-0.25, -0.2) is 8.42 Å². The summed E-state index contributed by atoms with van der Waals surface area (Å²) in [6.07, 6.45) is 4.88. The van der Waals surface area contributed by atoms with E-state index in [9.17, 15) is 13.2 Å². The maximum absolute atomic E-state index is 13.6. The van der Waals surface area contributed by atoms with Gasteiger partial charge in [-0.1, -0.05) is 18.2 Å². The lowest BCUT2D eigenvalue weighted by molar-refractivity contribution is -0.132. The number of nitrogens with zero attached hydrogens (tertiary/aromatic N) is 2. The zero-order valence-corrected chi connectivity index (χ0v) is 16.5. The molecule has 5 rings (SSSR count). The summed E-state index contributed by atoms with van der Waals surface area (Å²) < 4.78 is 33.3. The summed E-state index contributed by atoms with van der Waals surface area (Å²) >= 11 is 0. The first-order valence-corrected chi connectivity index (χ1v) is 11.4. The Bertz CT molecular complexity index is 987. The highest BCUT2D eigenvalue weighted by Crippen LogP contribution is 2.53. The van der Waals surface area contributed by atoms with Crippen LogP contribution in [0, 0.1) is 5.92 Å². The number of furan rings is 1. The summed E-state index contributed by atoms with van der Waals surface area (Å²) in [6.45, 7) is 1.48. The highest BCUT2D eigenvalue weighted by Gasteiger charge is 2.57. The van der Waals surface area contributed by atoms with Crippen LogP contribution in [0.2, 0.25) is 0 Å². The van der Waals surface area contributed by atoms with Crippen molar-refractivity contribution in [2.45, 2.75) is 36.9 Å². The van der Waals surface area contributed by atoms with Crippen molar-refractivity contribution in [1.82, 2.24) is 4.90 Å². The van der Waals surface area contributed by atoms with Gasteiger partial charge in [0.25, 0.3) is 0 Å². The fourth-order valence-electron chi connectivity index (χ4n) is 4.61. The summed E-state index contributed by atoms with van der Waals surface area (Å²) in [7, 11) is -3.49. The number of hydrogen-bond acceptors (Lipinski definition) is 4. The molecule has 2 aliphatic heterocycles. The Hall–Kier alpha value is -2.28. The predicted octanol–water partition coefficient (Wildman–Crippen LogP) is 2.90. The number of piperidine rings is 1. The highest BCUT2D eigenvalue weighted by atomic mass is 32.2. The molecule has 0 radical (unpaired) electrons. The maximum atomic E-state index is 13.6. The second kappa shape index (κ2) is 6.37. The molecule has 28 heavy (non-hydrogen) atoms. The average Bonchev–Trinajstić information content (AvgIpc) is 3.35. The molecule has 148 valence electrons. The third-order valence-corrected chi connectivity index (χ3v) is 8.94. The first kappa shape index (κ1) is 17.8. The fraction of sp³-hybridized carbons (Fsp3) is 0.476. The smallest absolute Gasteiger partial charge is 0.245 e. The van der Waals surface area contributed by atoms with Crippen LogP contribution in [0.15, 0.2) is 47.1 Å². The van der Waals surface area contributed by atoms with Gasteiger partial charge in [0.1, 0.15) is 10.5 Å². The van der Waals surface area contributed by atoms with Crippen molar-refractivity contribution >= 4 is 21.6 Å². The molecule has 7 heteroatoms. The minimum absolute atomic E-state index is 0.0108. The van der Waals surface area contributed by atoms with E-state index in [2.05, 4.69) is 0 Å². The van der Waals surface area contributed by atoms with Crippen molar-refractivity contribution in [3.05, 3.63) is 54.0 Å². The molecular formula is C21H24N2O4S. The Morgan fingerprint density at radius 3 is 2.54 bits per heavy atom. The Labute approximate surface area is 165 Å². The SMILES string of the molecule is O=C(Cc1ccco1)N1CCC2(CC1)c1ccccc1N(CC1CC1)S2(=O)=O. The van der Waals surface area contributed by atoms with E-state index in [0.717, 1.165) is 24.1 Å². The van der Waals surface area contributed by atoms with E-state index in [-0.39, 0.29) is 12.3 Å².